The molecule has 1 unspecified atom stereocenters. The highest BCUT2D eigenvalue weighted by Gasteiger charge is 2.48. The Bertz CT molecular complexity index is 879. The minimum absolute atomic E-state index is 0.0757. The average Bonchev–Trinajstić information content (AvgIpc) is 2.95. The summed E-state index contributed by atoms with van der Waals surface area (Å²) < 4.78 is 6.02. The lowest BCUT2D eigenvalue weighted by molar-refractivity contribution is 0.0306. The molecule has 1 aliphatic carbocycles. The number of ether oxygens (including phenoxy) is 1. The predicted molar refractivity (Wildman–Crippen MR) is 97.1 cm³/mol. The summed E-state index contributed by atoms with van der Waals surface area (Å²) in [6.07, 6.45) is 10.3. The summed E-state index contributed by atoms with van der Waals surface area (Å²) in [5.74, 6) is 0.588. The summed E-state index contributed by atoms with van der Waals surface area (Å²) in [6, 6.07) is 14.3. The molecule has 1 saturated carbocycles. The molecular weight excluding hydrogens is 310 g/mol. The molecular formula is C22H21NO2. The lowest BCUT2D eigenvalue weighted by Gasteiger charge is -2.34. The summed E-state index contributed by atoms with van der Waals surface area (Å²) in [7, 11) is 0. The third-order valence-electron chi connectivity index (χ3n) is 5.86. The Morgan fingerprint density at radius 1 is 1.00 bits per heavy atom. The Morgan fingerprint density at radius 3 is 2.72 bits per heavy atom. The van der Waals surface area contributed by atoms with Crippen molar-refractivity contribution in [3.05, 3.63) is 76.5 Å². The van der Waals surface area contributed by atoms with Gasteiger partial charge in [0.1, 0.15) is 0 Å². The molecule has 1 amide bonds. The molecule has 3 nitrogen and oxygen atoms in total. The maximum absolute atomic E-state index is 12.4. The molecule has 126 valence electrons. The van der Waals surface area contributed by atoms with Crippen LogP contribution in [0, 0.1) is 0 Å². The SMILES string of the molecule is O=C1NC2(OC=Cc3cc(C4CCCCC4)ccc32)c2ccccc21. The molecule has 1 spiro atoms. The quantitative estimate of drug-likeness (QED) is 0.824. The van der Waals surface area contributed by atoms with Crippen molar-refractivity contribution in [1.82, 2.24) is 5.32 Å². The molecule has 1 fully saturated rings. The lowest BCUT2D eigenvalue weighted by Crippen LogP contribution is -2.43. The molecule has 2 aliphatic heterocycles. The third-order valence-corrected chi connectivity index (χ3v) is 5.86. The maximum Gasteiger partial charge on any atom is 0.255 e. The zero-order valence-corrected chi connectivity index (χ0v) is 14.1. The minimum atomic E-state index is -0.886. The third kappa shape index (κ3) is 2.15. The van der Waals surface area contributed by atoms with Gasteiger partial charge in [-0.1, -0.05) is 55.7 Å². The lowest BCUT2D eigenvalue weighted by atomic mass is 9.81. The van der Waals surface area contributed by atoms with Gasteiger partial charge in [-0.15, -0.1) is 0 Å². The number of carbonyl (C=O) groups is 1. The van der Waals surface area contributed by atoms with Gasteiger partial charge in [0.05, 0.1) is 6.26 Å². The minimum Gasteiger partial charge on any atom is -0.467 e. The van der Waals surface area contributed by atoms with Crippen molar-refractivity contribution >= 4 is 12.0 Å². The molecule has 5 rings (SSSR count). The zero-order chi connectivity index (χ0) is 16.9. The number of fused-ring (bicyclic) bond motifs is 4. The molecule has 0 aromatic heterocycles. The van der Waals surface area contributed by atoms with Crippen LogP contribution in [0.5, 0.6) is 0 Å². The Labute approximate surface area is 147 Å². The standard InChI is InChI=1S/C22H21NO2/c24-21-18-8-4-5-9-20(18)22(23-21)19-11-10-16(14-17(19)12-13-25-22)15-6-2-1-3-7-15/h4-5,8-15H,1-3,6-7H2,(H,23,24). The van der Waals surface area contributed by atoms with Crippen LogP contribution in [0.3, 0.4) is 0 Å². The maximum atomic E-state index is 12.4. The van der Waals surface area contributed by atoms with Gasteiger partial charge in [0.25, 0.3) is 5.91 Å². The van der Waals surface area contributed by atoms with E-state index in [4.69, 9.17) is 4.74 Å². The largest absolute Gasteiger partial charge is 0.467 e. The molecule has 2 heterocycles. The van der Waals surface area contributed by atoms with Gasteiger partial charge in [0.2, 0.25) is 5.72 Å². The van der Waals surface area contributed by atoms with E-state index < -0.39 is 5.72 Å². The molecule has 0 bridgehead atoms. The van der Waals surface area contributed by atoms with Crippen molar-refractivity contribution in [2.24, 2.45) is 0 Å². The fourth-order valence-electron chi connectivity index (χ4n) is 4.59. The van der Waals surface area contributed by atoms with Gasteiger partial charge in [-0.25, -0.2) is 0 Å². The summed E-state index contributed by atoms with van der Waals surface area (Å²) in [6.45, 7) is 0. The van der Waals surface area contributed by atoms with Crippen LogP contribution in [-0.2, 0) is 10.5 Å². The Morgan fingerprint density at radius 2 is 1.84 bits per heavy atom. The van der Waals surface area contributed by atoms with Crippen LogP contribution in [-0.4, -0.2) is 5.91 Å². The number of carbonyl (C=O) groups excluding carboxylic acids is 1. The molecule has 1 N–H and O–H groups in total. The zero-order valence-electron chi connectivity index (χ0n) is 14.1. The van der Waals surface area contributed by atoms with E-state index in [1.807, 2.05) is 30.3 Å². The van der Waals surface area contributed by atoms with Gasteiger partial charge >= 0.3 is 0 Å². The monoisotopic (exact) mass is 331 g/mol. The van der Waals surface area contributed by atoms with E-state index in [-0.39, 0.29) is 5.91 Å². The van der Waals surface area contributed by atoms with Crippen LogP contribution in [0.15, 0.2) is 48.7 Å². The van der Waals surface area contributed by atoms with E-state index in [0.717, 1.165) is 16.7 Å². The van der Waals surface area contributed by atoms with E-state index in [1.165, 1.54) is 37.7 Å². The topological polar surface area (TPSA) is 38.3 Å². The summed E-state index contributed by atoms with van der Waals surface area (Å²) in [5, 5.41) is 3.08. The van der Waals surface area contributed by atoms with Crippen LogP contribution in [0.4, 0.5) is 0 Å². The van der Waals surface area contributed by atoms with E-state index in [2.05, 4.69) is 23.5 Å². The van der Waals surface area contributed by atoms with Crippen LogP contribution in [0.2, 0.25) is 0 Å². The number of hydrogen-bond acceptors (Lipinski definition) is 2. The number of amides is 1. The highest BCUT2D eigenvalue weighted by atomic mass is 16.5. The molecule has 0 saturated heterocycles. The first-order valence-corrected chi connectivity index (χ1v) is 9.19. The summed E-state index contributed by atoms with van der Waals surface area (Å²) >= 11 is 0. The van der Waals surface area contributed by atoms with Gasteiger partial charge in [-0.3, -0.25) is 4.79 Å². The van der Waals surface area contributed by atoms with Gasteiger partial charge in [-0.05, 0) is 42.0 Å². The Hall–Kier alpha value is -2.55. The average molecular weight is 331 g/mol. The molecule has 2 aromatic carbocycles. The highest BCUT2D eigenvalue weighted by Crippen LogP contribution is 2.44. The van der Waals surface area contributed by atoms with Crippen molar-refractivity contribution in [2.75, 3.05) is 0 Å². The second-order valence-corrected chi connectivity index (χ2v) is 7.28. The van der Waals surface area contributed by atoms with Gasteiger partial charge in [0, 0.05) is 16.7 Å². The second kappa shape index (κ2) is 5.48. The molecule has 3 heteroatoms. The van der Waals surface area contributed by atoms with Crippen molar-refractivity contribution in [3.63, 3.8) is 0 Å². The van der Waals surface area contributed by atoms with Crippen molar-refractivity contribution < 1.29 is 9.53 Å². The Kier molecular flexibility index (Phi) is 3.24. The molecule has 0 radical (unpaired) electrons. The van der Waals surface area contributed by atoms with E-state index in [0.29, 0.717) is 11.5 Å². The summed E-state index contributed by atoms with van der Waals surface area (Å²) in [4.78, 5) is 12.4. The fourth-order valence-corrected chi connectivity index (χ4v) is 4.59. The van der Waals surface area contributed by atoms with E-state index in [1.54, 1.807) is 6.26 Å². The number of nitrogens with one attached hydrogen (secondary N) is 1. The fraction of sp³-hybridized carbons (Fsp3) is 0.318. The molecule has 1 atom stereocenters. The van der Waals surface area contributed by atoms with Crippen molar-refractivity contribution in [2.45, 2.75) is 43.7 Å². The summed E-state index contributed by atoms with van der Waals surface area (Å²) in [5.41, 5.74) is 4.29. The number of rotatable bonds is 1. The van der Waals surface area contributed by atoms with E-state index in [9.17, 15) is 4.79 Å². The van der Waals surface area contributed by atoms with Gasteiger partial charge in [0.15, 0.2) is 0 Å². The Balaban J connectivity index is 1.61. The molecule has 25 heavy (non-hydrogen) atoms. The van der Waals surface area contributed by atoms with Crippen LogP contribution >= 0.6 is 0 Å². The van der Waals surface area contributed by atoms with Gasteiger partial charge in [-0.2, -0.15) is 0 Å². The molecule has 2 aromatic rings. The van der Waals surface area contributed by atoms with Crippen molar-refractivity contribution in [1.29, 1.82) is 0 Å². The van der Waals surface area contributed by atoms with Crippen LogP contribution in [0.1, 0.15) is 70.6 Å². The van der Waals surface area contributed by atoms with Crippen LogP contribution in [0.25, 0.3) is 6.08 Å². The smallest absolute Gasteiger partial charge is 0.255 e. The van der Waals surface area contributed by atoms with Gasteiger partial charge < -0.3 is 10.1 Å². The number of benzene rings is 2. The second-order valence-electron chi connectivity index (χ2n) is 7.28. The first kappa shape index (κ1) is 14.8. The normalized spacial score (nSPS) is 24.6. The van der Waals surface area contributed by atoms with E-state index >= 15 is 0 Å². The molecule has 3 aliphatic rings. The first-order valence-electron chi connectivity index (χ1n) is 9.19. The first-order chi connectivity index (χ1) is 12.3. The van der Waals surface area contributed by atoms with Crippen molar-refractivity contribution in [3.8, 4) is 0 Å². The number of hydrogen-bond donors (Lipinski definition) is 1. The highest BCUT2D eigenvalue weighted by molar-refractivity contribution is 6.00. The van der Waals surface area contributed by atoms with Crippen LogP contribution < -0.4 is 5.32 Å². The predicted octanol–water partition coefficient (Wildman–Crippen LogP) is 4.68.